The lowest BCUT2D eigenvalue weighted by Gasteiger charge is -2.25. The summed E-state index contributed by atoms with van der Waals surface area (Å²) in [5, 5.41) is 13.0. The Morgan fingerprint density at radius 3 is 2.79 bits per heavy atom. The second kappa shape index (κ2) is 7.88. The monoisotopic (exact) mass is 327 g/mol. The highest BCUT2D eigenvalue weighted by Gasteiger charge is 2.19. The first-order chi connectivity index (χ1) is 9.24. The predicted octanol–water partition coefficient (Wildman–Crippen LogP) is 2.97. The van der Waals surface area contributed by atoms with E-state index in [1.165, 1.54) is 6.42 Å². The first-order valence-electron chi connectivity index (χ1n) is 7.01. The predicted molar refractivity (Wildman–Crippen MR) is 80.5 cm³/mol. The molecule has 2 N–H and O–H groups in total. The van der Waals surface area contributed by atoms with Crippen molar-refractivity contribution in [2.75, 3.05) is 19.7 Å². The average Bonchev–Trinajstić information content (AvgIpc) is 2.41. The molecule has 0 aromatic heterocycles. The molecule has 0 heterocycles. The van der Waals surface area contributed by atoms with Crippen LogP contribution < -0.4 is 10.1 Å². The molecule has 1 aliphatic carbocycles. The van der Waals surface area contributed by atoms with Crippen molar-refractivity contribution < 1.29 is 9.84 Å². The Morgan fingerprint density at radius 2 is 2.05 bits per heavy atom. The largest absolute Gasteiger partial charge is 0.492 e. The van der Waals surface area contributed by atoms with Crippen LogP contribution in [0.25, 0.3) is 0 Å². The number of hydrogen-bond donors (Lipinski definition) is 2. The maximum Gasteiger partial charge on any atom is 0.119 e. The standard InChI is InChI=1S/C15H22BrNO2/c16-13-4-6-15(7-5-13)19-9-8-17-11-12-2-1-3-14(18)10-12/h4-7,12,14,17-18H,1-3,8-11H2. The van der Waals surface area contributed by atoms with Gasteiger partial charge in [0.15, 0.2) is 0 Å². The molecule has 1 aromatic rings. The minimum absolute atomic E-state index is 0.0837. The van der Waals surface area contributed by atoms with E-state index in [1.54, 1.807) is 0 Å². The number of halogens is 1. The quantitative estimate of drug-likeness (QED) is 0.789. The fraction of sp³-hybridized carbons (Fsp3) is 0.600. The smallest absolute Gasteiger partial charge is 0.119 e. The molecule has 2 atom stereocenters. The zero-order valence-corrected chi connectivity index (χ0v) is 12.7. The molecule has 1 fully saturated rings. The van der Waals surface area contributed by atoms with Gasteiger partial charge in [-0.2, -0.15) is 0 Å². The molecule has 0 saturated heterocycles. The molecule has 0 spiro atoms. The molecule has 1 saturated carbocycles. The lowest BCUT2D eigenvalue weighted by Crippen LogP contribution is -2.31. The fourth-order valence-corrected chi connectivity index (χ4v) is 2.79. The van der Waals surface area contributed by atoms with Gasteiger partial charge in [-0.05, 0) is 56.0 Å². The van der Waals surface area contributed by atoms with Crippen molar-refractivity contribution >= 4 is 15.9 Å². The molecule has 1 aromatic carbocycles. The maximum absolute atomic E-state index is 9.60. The summed E-state index contributed by atoms with van der Waals surface area (Å²) < 4.78 is 6.70. The summed E-state index contributed by atoms with van der Waals surface area (Å²) in [6, 6.07) is 7.88. The van der Waals surface area contributed by atoms with E-state index in [2.05, 4.69) is 21.2 Å². The molecule has 0 amide bonds. The molecule has 4 heteroatoms. The van der Waals surface area contributed by atoms with Crippen LogP contribution in [0.4, 0.5) is 0 Å². The van der Waals surface area contributed by atoms with Gasteiger partial charge in [-0.1, -0.05) is 22.4 Å². The third-order valence-electron chi connectivity index (χ3n) is 3.55. The van der Waals surface area contributed by atoms with E-state index in [4.69, 9.17) is 4.74 Å². The van der Waals surface area contributed by atoms with Crippen LogP contribution in [0, 0.1) is 5.92 Å². The SMILES string of the molecule is OC1CCCC(CNCCOc2ccc(Br)cc2)C1. The zero-order chi connectivity index (χ0) is 13.5. The highest BCUT2D eigenvalue weighted by Crippen LogP contribution is 2.23. The van der Waals surface area contributed by atoms with E-state index in [1.807, 2.05) is 24.3 Å². The molecule has 3 nitrogen and oxygen atoms in total. The van der Waals surface area contributed by atoms with Crippen LogP contribution in [0.15, 0.2) is 28.7 Å². The van der Waals surface area contributed by atoms with Crippen molar-refractivity contribution in [2.45, 2.75) is 31.8 Å². The molecular formula is C15H22BrNO2. The number of nitrogens with one attached hydrogen (secondary N) is 1. The Morgan fingerprint density at radius 1 is 1.26 bits per heavy atom. The van der Waals surface area contributed by atoms with Crippen LogP contribution in [0.1, 0.15) is 25.7 Å². The number of rotatable bonds is 6. The molecule has 1 aliphatic rings. The second-order valence-corrected chi connectivity index (χ2v) is 6.11. The summed E-state index contributed by atoms with van der Waals surface area (Å²) in [6.07, 6.45) is 4.23. The summed E-state index contributed by atoms with van der Waals surface area (Å²) in [7, 11) is 0. The van der Waals surface area contributed by atoms with Crippen molar-refractivity contribution in [3.63, 3.8) is 0 Å². The molecule has 0 radical (unpaired) electrons. The highest BCUT2D eigenvalue weighted by molar-refractivity contribution is 9.10. The van der Waals surface area contributed by atoms with Gasteiger partial charge in [-0.3, -0.25) is 0 Å². The first-order valence-corrected chi connectivity index (χ1v) is 7.80. The minimum Gasteiger partial charge on any atom is -0.492 e. The van der Waals surface area contributed by atoms with E-state index in [0.29, 0.717) is 12.5 Å². The molecular weight excluding hydrogens is 306 g/mol. The zero-order valence-electron chi connectivity index (χ0n) is 11.1. The van der Waals surface area contributed by atoms with Gasteiger partial charge in [-0.25, -0.2) is 0 Å². The van der Waals surface area contributed by atoms with E-state index in [9.17, 15) is 5.11 Å². The van der Waals surface area contributed by atoms with Crippen molar-refractivity contribution in [3.05, 3.63) is 28.7 Å². The van der Waals surface area contributed by atoms with Crippen LogP contribution in [0.3, 0.4) is 0 Å². The first kappa shape index (κ1) is 14.8. The van der Waals surface area contributed by atoms with Gasteiger partial charge in [0.2, 0.25) is 0 Å². The number of aliphatic hydroxyl groups is 1. The van der Waals surface area contributed by atoms with Crippen LogP contribution in [-0.4, -0.2) is 30.9 Å². The third kappa shape index (κ3) is 5.51. The molecule has 2 unspecified atom stereocenters. The third-order valence-corrected chi connectivity index (χ3v) is 4.08. The van der Waals surface area contributed by atoms with Gasteiger partial charge in [0.25, 0.3) is 0 Å². The summed E-state index contributed by atoms with van der Waals surface area (Å²) in [6.45, 7) is 2.51. The van der Waals surface area contributed by atoms with E-state index < -0.39 is 0 Å². The van der Waals surface area contributed by atoms with E-state index in [0.717, 1.165) is 42.6 Å². The Kier molecular flexibility index (Phi) is 6.14. The molecule has 0 aliphatic heterocycles. The Labute approximate surface area is 123 Å². The Balaban J connectivity index is 1.55. The maximum atomic E-state index is 9.60. The normalized spacial score (nSPS) is 23.3. The van der Waals surface area contributed by atoms with Crippen molar-refractivity contribution in [1.82, 2.24) is 5.32 Å². The topological polar surface area (TPSA) is 41.5 Å². The molecule has 0 bridgehead atoms. The average molecular weight is 328 g/mol. The van der Waals surface area contributed by atoms with Gasteiger partial charge in [0, 0.05) is 11.0 Å². The number of hydrogen-bond acceptors (Lipinski definition) is 3. The fourth-order valence-electron chi connectivity index (χ4n) is 2.53. The Bertz CT molecular complexity index is 369. The van der Waals surface area contributed by atoms with Crippen LogP contribution >= 0.6 is 15.9 Å². The lowest BCUT2D eigenvalue weighted by atomic mass is 9.87. The summed E-state index contributed by atoms with van der Waals surface area (Å²) in [4.78, 5) is 0. The van der Waals surface area contributed by atoms with Gasteiger partial charge < -0.3 is 15.2 Å². The molecule has 106 valence electrons. The van der Waals surface area contributed by atoms with Crippen molar-refractivity contribution in [1.29, 1.82) is 0 Å². The number of aliphatic hydroxyl groups excluding tert-OH is 1. The summed E-state index contributed by atoms with van der Waals surface area (Å²) >= 11 is 3.40. The van der Waals surface area contributed by atoms with E-state index >= 15 is 0 Å². The summed E-state index contributed by atoms with van der Waals surface area (Å²) in [5.74, 6) is 1.52. The van der Waals surface area contributed by atoms with Gasteiger partial charge in [0.05, 0.1) is 6.10 Å². The number of ether oxygens (including phenoxy) is 1. The molecule has 19 heavy (non-hydrogen) atoms. The highest BCUT2D eigenvalue weighted by atomic mass is 79.9. The van der Waals surface area contributed by atoms with Crippen molar-refractivity contribution in [2.24, 2.45) is 5.92 Å². The van der Waals surface area contributed by atoms with Gasteiger partial charge in [-0.15, -0.1) is 0 Å². The molecule has 2 rings (SSSR count). The van der Waals surface area contributed by atoms with Crippen LogP contribution in [0.2, 0.25) is 0 Å². The Hall–Kier alpha value is -0.580. The minimum atomic E-state index is -0.0837. The van der Waals surface area contributed by atoms with Crippen LogP contribution in [0.5, 0.6) is 5.75 Å². The summed E-state index contributed by atoms with van der Waals surface area (Å²) in [5.41, 5.74) is 0. The van der Waals surface area contributed by atoms with E-state index in [-0.39, 0.29) is 6.10 Å². The lowest BCUT2D eigenvalue weighted by molar-refractivity contribution is 0.100. The second-order valence-electron chi connectivity index (χ2n) is 5.19. The van der Waals surface area contributed by atoms with Gasteiger partial charge in [0.1, 0.15) is 12.4 Å². The van der Waals surface area contributed by atoms with Crippen LogP contribution in [-0.2, 0) is 0 Å². The van der Waals surface area contributed by atoms with Gasteiger partial charge >= 0.3 is 0 Å². The number of benzene rings is 1. The van der Waals surface area contributed by atoms with Crippen molar-refractivity contribution in [3.8, 4) is 5.75 Å².